The summed E-state index contributed by atoms with van der Waals surface area (Å²) in [7, 11) is 0. The molecule has 1 heterocycles. The molecule has 5 nitrogen and oxygen atoms in total. The van der Waals surface area contributed by atoms with Crippen molar-refractivity contribution in [3.63, 3.8) is 0 Å². The number of aromatic amines is 1. The van der Waals surface area contributed by atoms with Gasteiger partial charge in [0.2, 0.25) is 5.16 Å². The number of aliphatic carboxylic acids is 1. The molecule has 9 heteroatoms. The maximum absolute atomic E-state index is 11.6. The number of halogens is 3. The molecule has 0 atom stereocenters. The van der Waals surface area contributed by atoms with Crippen molar-refractivity contribution >= 4 is 58.6 Å². The summed E-state index contributed by atoms with van der Waals surface area (Å²) in [6, 6.07) is 11.9. The van der Waals surface area contributed by atoms with Crippen LogP contribution in [0, 0.1) is 0 Å². The standard InChI is InChI=1S/C17H10Cl3N3O2S/c18-11-4-1-9(2-5-11)15-21-17(23-22-15)26-14(16(24)25)7-10-3-6-12(19)8-13(10)20/h1-8H,(H,24,25)(H,21,22,23)/b14-7-. The van der Waals surface area contributed by atoms with Crippen LogP contribution < -0.4 is 0 Å². The third-order valence-electron chi connectivity index (χ3n) is 3.24. The van der Waals surface area contributed by atoms with E-state index in [4.69, 9.17) is 34.8 Å². The Balaban J connectivity index is 1.86. The molecule has 26 heavy (non-hydrogen) atoms. The highest BCUT2D eigenvalue weighted by molar-refractivity contribution is 8.04. The second kappa shape index (κ2) is 8.14. The van der Waals surface area contributed by atoms with Crippen molar-refractivity contribution < 1.29 is 9.90 Å². The first-order valence-corrected chi connectivity index (χ1v) is 9.13. The Bertz CT molecular complexity index is 987. The number of rotatable bonds is 5. The molecule has 3 rings (SSSR count). The molecule has 0 bridgehead atoms. The van der Waals surface area contributed by atoms with Gasteiger partial charge in [0, 0.05) is 20.6 Å². The van der Waals surface area contributed by atoms with Crippen molar-refractivity contribution in [2.24, 2.45) is 0 Å². The van der Waals surface area contributed by atoms with Crippen LogP contribution in [0.25, 0.3) is 17.5 Å². The van der Waals surface area contributed by atoms with Crippen molar-refractivity contribution in [2.45, 2.75) is 5.16 Å². The number of thioether (sulfide) groups is 1. The molecule has 1 aromatic heterocycles. The molecule has 0 radical (unpaired) electrons. The molecule has 3 aromatic rings. The summed E-state index contributed by atoms with van der Waals surface area (Å²) >= 11 is 18.7. The van der Waals surface area contributed by atoms with Gasteiger partial charge < -0.3 is 5.11 Å². The van der Waals surface area contributed by atoms with Gasteiger partial charge in [-0.05, 0) is 59.8 Å². The predicted molar refractivity (Wildman–Crippen MR) is 105 cm³/mol. The second-order valence-corrected chi connectivity index (χ2v) is 7.34. The van der Waals surface area contributed by atoms with Gasteiger partial charge in [0.1, 0.15) is 4.91 Å². The Morgan fingerprint density at radius 2 is 1.77 bits per heavy atom. The minimum absolute atomic E-state index is 0.0240. The van der Waals surface area contributed by atoms with Crippen LogP contribution in [0.5, 0.6) is 0 Å². The second-order valence-electron chi connectivity index (χ2n) is 5.06. The van der Waals surface area contributed by atoms with E-state index in [-0.39, 0.29) is 10.1 Å². The lowest BCUT2D eigenvalue weighted by Gasteiger charge is -2.02. The lowest BCUT2D eigenvalue weighted by Crippen LogP contribution is -1.97. The van der Waals surface area contributed by atoms with Gasteiger partial charge in [0.15, 0.2) is 5.82 Å². The van der Waals surface area contributed by atoms with Crippen LogP contribution in [0.2, 0.25) is 15.1 Å². The summed E-state index contributed by atoms with van der Waals surface area (Å²) < 4.78 is 0. The van der Waals surface area contributed by atoms with E-state index in [9.17, 15) is 9.90 Å². The van der Waals surface area contributed by atoms with Gasteiger partial charge in [-0.15, -0.1) is 5.10 Å². The number of aromatic nitrogens is 3. The Morgan fingerprint density at radius 1 is 1.08 bits per heavy atom. The summed E-state index contributed by atoms with van der Waals surface area (Å²) in [4.78, 5) is 15.9. The van der Waals surface area contributed by atoms with Crippen LogP contribution in [0.4, 0.5) is 0 Å². The number of carboxylic acid groups (broad SMARTS) is 1. The zero-order valence-electron chi connectivity index (χ0n) is 12.9. The van der Waals surface area contributed by atoms with Crippen LogP contribution in [-0.2, 0) is 4.79 Å². The van der Waals surface area contributed by atoms with Crippen LogP contribution in [0.3, 0.4) is 0 Å². The lowest BCUT2D eigenvalue weighted by atomic mass is 10.2. The highest BCUT2D eigenvalue weighted by Crippen LogP contribution is 2.30. The highest BCUT2D eigenvalue weighted by Gasteiger charge is 2.15. The molecule has 0 unspecified atom stereocenters. The molecule has 0 aliphatic carbocycles. The van der Waals surface area contributed by atoms with Gasteiger partial charge >= 0.3 is 5.97 Å². The smallest absolute Gasteiger partial charge is 0.342 e. The SMILES string of the molecule is O=C(O)/C(=C/c1ccc(Cl)cc1Cl)Sc1n[nH]c(-c2ccc(Cl)cc2)n1. The molecule has 2 aromatic carbocycles. The highest BCUT2D eigenvalue weighted by atomic mass is 35.5. The Hall–Kier alpha value is -1.99. The predicted octanol–water partition coefficient (Wildman–Crippen LogP) is 5.65. The van der Waals surface area contributed by atoms with E-state index >= 15 is 0 Å². The molecule has 0 fully saturated rings. The van der Waals surface area contributed by atoms with Crippen molar-refractivity contribution in [2.75, 3.05) is 0 Å². The monoisotopic (exact) mass is 425 g/mol. The number of benzene rings is 2. The number of nitrogens with one attached hydrogen (secondary N) is 1. The zero-order valence-corrected chi connectivity index (χ0v) is 16.0. The van der Waals surface area contributed by atoms with E-state index in [1.165, 1.54) is 6.08 Å². The zero-order chi connectivity index (χ0) is 18.7. The number of nitrogens with zero attached hydrogens (tertiary/aromatic N) is 2. The minimum Gasteiger partial charge on any atom is -0.477 e. The maximum Gasteiger partial charge on any atom is 0.342 e. The molecule has 132 valence electrons. The quantitative estimate of drug-likeness (QED) is 0.407. The van der Waals surface area contributed by atoms with E-state index in [1.807, 2.05) is 0 Å². The van der Waals surface area contributed by atoms with Gasteiger partial charge in [-0.3, -0.25) is 5.10 Å². The maximum atomic E-state index is 11.6. The van der Waals surface area contributed by atoms with Gasteiger partial charge in [0.05, 0.1) is 0 Å². The molecule has 0 aliphatic rings. The average molecular weight is 427 g/mol. The normalized spacial score (nSPS) is 11.6. The third kappa shape index (κ3) is 4.59. The van der Waals surface area contributed by atoms with Gasteiger partial charge in [-0.2, -0.15) is 0 Å². The Morgan fingerprint density at radius 3 is 2.42 bits per heavy atom. The summed E-state index contributed by atoms with van der Waals surface area (Å²) in [5.74, 6) is -0.600. The summed E-state index contributed by atoms with van der Waals surface area (Å²) in [6.07, 6.45) is 1.45. The Kier molecular flexibility index (Phi) is 5.88. The topological polar surface area (TPSA) is 78.9 Å². The van der Waals surface area contributed by atoms with E-state index < -0.39 is 5.97 Å². The molecule has 0 spiro atoms. The minimum atomic E-state index is -1.11. The summed E-state index contributed by atoms with van der Waals surface area (Å²) in [5.41, 5.74) is 1.32. The number of hydrogen-bond acceptors (Lipinski definition) is 4. The van der Waals surface area contributed by atoms with Crippen LogP contribution in [-0.4, -0.2) is 26.3 Å². The number of carboxylic acids is 1. The first kappa shape index (κ1) is 18.8. The van der Waals surface area contributed by atoms with Crippen LogP contribution in [0.15, 0.2) is 52.5 Å². The molecular formula is C17H10Cl3N3O2S. The molecular weight excluding hydrogens is 417 g/mol. The Labute approximate surface area is 168 Å². The van der Waals surface area contributed by atoms with Crippen molar-refractivity contribution in [3.8, 4) is 11.4 Å². The van der Waals surface area contributed by atoms with Crippen LogP contribution >= 0.6 is 46.6 Å². The van der Waals surface area contributed by atoms with Gasteiger partial charge in [0.25, 0.3) is 0 Å². The first-order valence-electron chi connectivity index (χ1n) is 7.18. The van der Waals surface area contributed by atoms with Crippen molar-refractivity contribution in [1.29, 1.82) is 0 Å². The van der Waals surface area contributed by atoms with E-state index in [0.717, 1.165) is 17.3 Å². The third-order valence-corrected chi connectivity index (χ3v) is 4.94. The summed E-state index contributed by atoms with van der Waals surface area (Å²) in [5, 5.41) is 18.0. The largest absolute Gasteiger partial charge is 0.477 e. The van der Waals surface area contributed by atoms with E-state index in [1.54, 1.807) is 42.5 Å². The number of H-pyrrole nitrogens is 1. The molecule has 2 N–H and O–H groups in total. The summed E-state index contributed by atoms with van der Waals surface area (Å²) in [6.45, 7) is 0. The molecule has 0 aliphatic heterocycles. The molecule has 0 saturated heterocycles. The van der Waals surface area contributed by atoms with Crippen molar-refractivity contribution in [3.05, 3.63) is 68.0 Å². The fourth-order valence-corrected chi connectivity index (χ4v) is 3.31. The average Bonchev–Trinajstić information content (AvgIpc) is 3.05. The number of hydrogen-bond donors (Lipinski definition) is 2. The van der Waals surface area contributed by atoms with Gasteiger partial charge in [-0.1, -0.05) is 40.9 Å². The van der Waals surface area contributed by atoms with E-state index in [2.05, 4.69) is 15.2 Å². The lowest BCUT2D eigenvalue weighted by molar-refractivity contribution is -0.131. The van der Waals surface area contributed by atoms with Crippen molar-refractivity contribution in [1.82, 2.24) is 15.2 Å². The fourth-order valence-electron chi connectivity index (χ4n) is 2.02. The van der Waals surface area contributed by atoms with Gasteiger partial charge in [-0.25, -0.2) is 9.78 Å². The van der Waals surface area contributed by atoms with Crippen LogP contribution in [0.1, 0.15) is 5.56 Å². The first-order chi connectivity index (χ1) is 12.4. The van der Waals surface area contributed by atoms with E-state index in [0.29, 0.717) is 26.5 Å². The molecule has 0 amide bonds. The fraction of sp³-hybridized carbons (Fsp3) is 0. The molecule has 0 saturated carbocycles. The number of carbonyl (C=O) groups is 1.